The fourth-order valence-electron chi connectivity index (χ4n) is 2.31. The van der Waals surface area contributed by atoms with E-state index in [2.05, 4.69) is 5.32 Å². The van der Waals surface area contributed by atoms with Crippen molar-refractivity contribution in [1.29, 1.82) is 0 Å². The molecule has 24 heavy (non-hydrogen) atoms. The maximum Gasteiger partial charge on any atom is 0.262 e. The fraction of sp³-hybridized carbons (Fsp3) is 0.278. The zero-order chi connectivity index (χ0) is 17.9. The van der Waals surface area contributed by atoms with E-state index in [-0.39, 0.29) is 18.3 Å². The summed E-state index contributed by atoms with van der Waals surface area (Å²) in [5.41, 5.74) is 3.17. The Hall–Kier alpha value is -1.42. The van der Waals surface area contributed by atoms with Gasteiger partial charge in [0.15, 0.2) is 12.4 Å². The number of ether oxygens (including phenoxy) is 1. The second kappa shape index (κ2) is 8.11. The second-order valence-corrected chi connectivity index (χ2v) is 6.50. The van der Waals surface area contributed by atoms with Crippen molar-refractivity contribution in [1.82, 2.24) is 0 Å². The van der Waals surface area contributed by atoms with Crippen LogP contribution < -0.4 is 10.1 Å². The summed E-state index contributed by atoms with van der Waals surface area (Å²) >= 11 is 18.6. The average molecular weight is 387 g/mol. The number of carbonyl (C=O) groups is 1. The van der Waals surface area contributed by atoms with Gasteiger partial charge in [0, 0.05) is 10.7 Å². The van der Waals surface area contributed by atoms with Crippen molar-refractivity contribution in [3.05, 3.63) is 56.0 Å². The summed E-state index contributed by atoms with van der Waals surface area (Å²) in [7, 11) is 0. The number of carbonyl (C=O) groups excluding carboxylic acids is 1. The third kappa shape index (κ3) is 3.97. The van der Waals surface area contributed by atoms with E-state index < -0.39 is 0 Å². The van der Waals surface area contributed by atoms with Crippen LogP contribution in [0.4, 0.5) is 5.69 Å². The molecular weight excluding hydrogens is 369 g/mol. The number of benzene rings is 2. The van der Waals surface area contributed by atoms with E-state index in [9.17, 15) is 4.79 Å². The van der Waals surface area contributed by atoms with E-state index in [0.717, 1.165) is 17.7 Å². The minimum absolute atomic E-state index is 0.196. The monoisotopic (exact) mass is 385 g/mol. The summed E-state index contributed by atoms with van der Waals surface area (Å²) in [4.78, 5) is 12.2. The summed E-state index contributed by atoms with van der Waals surface area (Å²) in [6.07, 6.45) is 0.824. The molecule has 2 aromatic carbocycles. The van der Waals surface area contributed by atoms with E-state index in [1.54, 1.807) is 13.8 Å². The zero-order valence-electron chi connectivity index (χ0n) is 13.7. The molecule has 0 aromatic heterocycles. The molecule has 0 fully saturated rings. The van der Waals surface area contributed by atoms with Gasteiger partial charge < -0.3 is 10.1 Å². The lowest BCUT2D eigenvalue weighted by Crippen LogP contribution is -2.21. The maximum atomic E-state index is 12.2. The highest BCUT2D eigenvalue weighted by Crippen LogP contribution is 2.42. The number of amides is 1. The van der Waals surface area contributed by atoms with Crippen LogP contribution in [0.15, 0.2) is 24.3 Å². The number of aryl methyl sites for hydroxylation is 1. The summed E-state index contributed by atoms with van der Waals surface area (Å²) in [5.74, 6) is -0.00931. The third-order valence-corrected chi connectivity index (χ3v) is 5.21. The van der Waals surface area contributed by atoms with Gasteiger partial charge in [0.25, 0.3) is 5.91 Å². The SMILES string of the molecule is CCc1ccccc1NC(=O)COc1c(Cl)c(C)c(Cl)c(C)c1Cl. The minimum atomic E-state index is -0.284. The van der Waals surface area contributed by atoms with Gasteiger partial charge in [0.05, 0.1) is 10.0 Å². The Kier molecular flexibility index (Phi) is 6.39. The largest absolute Gasteiger partial charge is 0.481 e. The lowest BCUT2D eigenvalue weighted by atomic mass is 10.1. The Morgan fingerprint density at radius 1 is 1.04 bits per heavy atom. The van der Waals surface area contributed by atoms with Crippen LogP contribution in [0, 0.1) is 13.8 Å². The van der Waals surface area contributed by atoms with Crippen molar-refractivity contribution in [2.24, 2.45) is 0 Å². The molecule has 0 atom stereocenters. The first kappa shape index (κ1) is 18.9. The molecule has 0 saturated carbocycles. The van der Waals surface area contributed by atoms with Crippen molar-refractivity contribution in [2.45, 2.75) is 27.2 Å². The second-order valence-electron chi connectivity index (χ2n) is 5.37. The number of halogens is 3. The lowest BCUT2D eigenvalue weighted by molar-refractivity contribution is -0.118. The molecule has 0 aliphatic carbocycles. The number of hydrogen-bond donors (Lipinski definition) is 1. The normalized spacial score (nSPS) is 10.6. The van der Waals surface area contributed by atoms with Gasteiger partial charge in [-0.2, -0.15) is 0 Å². The van der Waals surface area contributed by atoms with E-state index in [1.807, 2.05) is 31.2 Å². The summed E-state index contributed by atoms with van der Waals surface area (Å²) in [6.45, 7) is 5.38. The van der Waals surface area contributed by atoms with Crippen LogP contribution in [0.1, 0.15) is 23.6 Å². The van der Waals surface area contributed by atoms with Gasteiger partial charge in [0.1, 0.15) is 0 Å². The van der Waals surface area contributed by atoms with E-state index >= 15 is 0 Å². The average Bonchev–Trinajstić information content (AvgIpc) is 2.58. The van der Waals surface area contributed by atoms with E-state index in [4.69, 9.17) is 39.5 Å². The first-order valence-electron chi connectivity index (χ1n) is 7.51. The number of anilines is 1. The number of hydrogen-bond acceptors (Lipinski definition) is 2. The number of para-hydroxylation sites is 1. The number of nitrogens with one attached hydrogen (secondary N) is 1. The molecule has 0 bridgehead atoms. The fourth-order valence-corrected chi connectivity index (χ4v) is 3.13. The molecule has 0 radical (unpaired) electrons. The molecule has 0 saturated heterocycles. The van der Waals surface area contributed by atoms with Crippen LogP contribution in [-0.2, 0) is 11.2 Å². The highest BCUT2D eigenvalue weighted by molar-refractivity contribution is 6.42. The minimum Gasteiger partial charge on any atom is -0.481 e. The molecular formula is C18H18Cl3NO2. The molecule has 0 unspecified atom stereocenters. The molecule has 0 aliphatic heterocycles. The van der Waals surface area contributed by atoms with Gasteiger partial charge in [-0.05, 0) is 43.0 Å². The quantitative estimate of drug-likeness (QED) is 0.700. The molecule has 0 spiro atoms. The van der Waals surface area contributed by atoms with Crippen LogP contribution in [-0.4, -0.2) is 12.5 Å². The summed E-state index contributed by atoms with van der Waals surface area (Å²) in [6, 6.07) is 7.63. The van der Waals surface area contributed by atoms with Crippen molar-refractivity contribution in [2.75, 3.05) is 11.9 Å². The van der Waals surface area contributed by atoms with Crippen LogP contribution >= 0.6 is 34.8 Å². The van der Waals surface area contributed by atoms with E-state index in [0.29, 0.717) is 26.2 Å². The topological polar surface area (TPSA) is 38.3 Å². The Bertz CT molecular complexity index is 746. The van der Waals surface area contributed by atoms with Crippen LogP contribution in [0.3, 0.4) is 0 Å². The molecule has 128 valence electrons. The molecule has 0 aliphatic rings. The van der Waals surface area contributed by atoms with Crippen LogP contribution in [0.2, 0.25) is 15.1 Å². The highest BCUT2D eigenvalue weighted by atomic mass is 35.5. The molecule has 1 amide bonds. The smallest absolute Gasteiger partial charge is 0.262 e. The Morgan fingerprint density at radius 3 is 2.21 bits per heavy atom. The maximum absolute atomic E-state index is 12.2. The molecule has 1 N–H and O–H groups in total. The lowest BCUT2D eigenvalue weighted by Gasteiger charge is -2.16. The van der Waals surface area contributed by atoms with Gasteiger partial charge >= 0.3 is 0 Å². The predicted molar refractivity (Wildman–Crippen MR) is 101 cm³/mol. The Morgan fingerprint density at radius 2 is 1.62 bits per heavy atom. The van der Waals surface area contributed by atoms with Crippen molar-refractivity contribution < 1.29 is 9.53 Å². The third-order valence-electron chi connectivity index (χ3n) is 3.74. The summed E-state index contributed by atoms with van der Waals surface area (Å²) < 4.78 is 5.56. The Labute approximate surface area is 156 Å². The first-order valence-corrected chi connectivity index (χ1v) is 8.64. The van der Waals surface area contributed by atoms with Crippen LogP contribution in [0.5, 0.6) is 5.75 Å². The molecule has 0 heterocycles. The zero-order valence-corrected chi connectivity index (χ0v) is 15.9. The van der Waals surface area contributed by atoms with Gasteiger partial charge in [-0.3, -0.25) is 4.79 Å². The molecule has 6 heteroatoms. The first-order chi connectivity index (χ1) is 11.4. The summed E-state index contributed by atoms with van der Waals surface area (Å²) in [5, 5.41) is 3.97. The Balaban J connectivity index is 2.13. The molecule has 2 rings (SSSR count). The predicted octanol–water partition coefficient (Wildman–Crippen LogP) is 5.84. The van der Waals surface area contributed by atoms with Gasteiger partial charge in [-0.15, -0.1) is 0 Å². The standard InChI is InChI=1S/C18H18Cl3NO2/c1-4-12-7-5-6-8-13(12)22-14(23)9-24-18-16(20)10(2)15(19)11(3)17(18)21/h5-8H,4,9H2,1-3H3,(H,22,23). The van der Waals surface area contributed by atoms with Crippen molar-refractivity contribution in [3.63, 3.8) is 0 Å². The molecule has 3 nitrogen and oxygen atoms in total. The van der Waals surface area contributed by atoms with Gasteiger partial charge in [-0.1, -0.05) is 59.9 Å². The van der Waals surface area contributed by atoms with Crippen LogP contribution in [0.25, 0.3) is 0 Å². The van der Waals surface area contributed by atoms with Gasteiger partial charge in [-0.25, -0.2) is 0 Å². The number of rotatable bonds is 5. The van der Waals surface area contributed by atoms with Gasteiger partial charge in [0.2, 0.25) is 0 Å². The van der Waals surface area contributed by atoms with Crippen molar-refractivity contribution >= 4 is 46.4 Å². The van der Waals surface area contributed by atoms with Crippen molar-refractivity contribution in [3.8, 4) is 5.75 Å². The van der Waals surface area contributed by atoms with E-state index in [1.165, 1.54) is 0 Å². The highest BCUT2D eigenvalue weighted by Gasteiger charge is 2.18. The molecule has 2 aromatic rings.